The number of carbonyl (C=O) groups is 1. The van der Waals surface area contributed by atoms with Crippen molar-refractivity contribution < 1.29 is 13.9 Å². The quantitative estimate of drug-likeness (QED) is 0.519. The van der Waals surface area contributed by atoms with Crippen molar-refractivity contribution >= 4 is 28.4 Å². The number of methoxy groups -OCH3 is 1. The van der Waals surface area contributed by atoms with Crippen molar-refractivity contribution in [3.05, 3.63) is 89.6 Å². The van der Waals surface area contributed by atoms with Crippen LogP contribution in [0.3, 0.4) is 0 Å². The molecule has 0 saturated carbocycles. The predicted octanol–water partition coefficient (Wildman–Crippen LogP) is 4.88. The van der Waals surface area contributed by atoms with Crippen LogP contribution in [0, 0.1) is 0 Å². The lowest BCUT2D eigenvalue weighted by Gasteiger charge is -2.08. The molecule has 6 heteroatoms. The summed E-state index contributed by atoms with van der Waals surface area (Å²) >= 11 is 0. The van der Waals surface area contributed by atoms with E-state index in [0.717, 1.165) is 17.4 Å². The van der Waals surface area contributed by atoms with Crippen LogP contribution in [0.1, 0.15) is 22.8 Å². The van der Waals surface area contributed by atoms with E-state index in [-0.39, 0.29) is 11.5 Å². The number of aromatic nitrogens is 1. The Kier molecular flexibility index (Phi) is 5.57. The van der Waals surface area contributed by atoms with Gasteiger partial charge < -0.3 is 14.5 Å². The molecule has 4 aromatic rings. The van der Waals surface area contributed by atoms with E-state index >= 15 is 0 Å². The smallest absolute Gasteiger partial charge is 0.262 e. The predicted molar refractivity (Wildman–Crippen MR) is 116 cm³/mol. The first-order chi connectivity index (χ1) is 14.7. The molecule has 2 heterocycles. The zero-order chi connectivity index (χ0) is 20.9. The summed E-state index contributed by atoms with van der Waals surface area (Å²) in [5.74, 6) is 0.669. The van der Waals surface area contributed by atoms with Gasteiger partial charge in [0.15, 0.2) is 11.3 Å². The molecule has 0 aliphatic rings. The molecular weight excluding hydrogens is 378 g/mol. The Morgan fingerprint density at radius 3 is 2.73 bits per heavy atom. The van der Waals surface area contributed by atoms with Crippen molar-refractivity contribution in [1.82, 2.24) is 4.98 Å². The van der Waals surface area contributed by atoms with Crippen molar-refractivity contribution in [2.75, 3.05) is 12.4 Å². The second-order valence-corrected chi connectivity index (χ2v) is 6.65. The van der Waals surface area contributed by atoms with Crippen LogP contribution < -0.4 is 15.6 Å². The number of anilines is 1. The molecule has 150 valence electrons. The number of hydrogen-bond acceptors (Lipinski definition) is 5. The van der Waals surface area contributed by atoms with E-state index in [9.17, 15) is 4.79 Å². The molecule has 0 aliphatic heterocycles. The molecule has 0 saturated heterocycles. The van der Waals surface area contributed by atoms with Crippen LogP contribution in [0.15, 0.2) is 82.3 Å². The molecule has 0 radical (unpaired) electrons. The first kappa shape index (κ1) is 19.4. The first-order valence-electron chi connectivity index (χ1n) is 9.65. The number of amides is 1. The highest BCUT2D eigenvalue weighted by Gasteiger charge is 2.15. The normalized spacial score (nSPS) is 11.5. The minimum Gasteiger partial charge on any atom is -0.493 e. The van der Waals surface area contributed by atoms with Crippen molar-refractivity contribution in [3.63, 3.8) is 0 Å². The number of carbonyl (C=O) groups excluding carboxylic acids is 1. The highest BCUT2D eigenvalue weighted by atomic mass is 16.5. The molecule has 0 unspecified atom stereocenters. The van der Waals surface area contributed by atoms with Crippen LogP contribution in [0.5, 0.6) is 5.75 Å². The summed E-state index contributed by atoms with van der Waals surface area (Å²) in [6, 6.07) is 20.4. The standard InChI is InChI=1S/C24H21N3O3/c1-3-16-8-6-10-18(14-16)26-24-19(23(28)27-21-12-4-5-13-25-21)15-17-9-7-11-20(29-2)22(17)30-24/h4-15H,3H2,1-2H3,(H,25,27,28). The van der Waals surface area contributed by atoms with Gasteiger partial charge in [-0.2, -0.15) is 0 Å². The highest BCUT2D eigenvalue weighted by molar-refractivity contribution is 6.05. The van der Waals surface area contributed by atoms with Crippen LogP contribution in [-0.2, 0) is 6.42 Å². The van der Waals surface area contributed by atoms with Gasteiger partial charge >= 0.3 is 0 Å². The molecule has 0 atom stereocenters. The zero-order valence-electron chi connectivity index (χ0n) is 16.8. The van der Waals surface area contributed by atoms with Crippen LogP contribution >= 0.6 is 0 Å². The molecule has 1 amide bonds. The summed E-state index contributed by atoms with van der Waals surface area (Å²) in [4.78, 5) is 21.8. The number of nitrogens with one attached hydrogen (secondary N) is 1. The van der Waals surface area contributed by atoms with E-state index in [2.05, 4.69) is 22.2 Å². The number of fused-ring (bicyclic) bond motifs is 1. The molecule has 0 fully saturated rings. The highest BCUT2D eigenvalue weighted by Crippen LogP contribution is 2.25. The van der Waals surface area contributed by atoms with Crippen LogP contribution in [-0.4, -0.2) is 18.0 Å². The van der Waals surface area contributed by atoms with Crippen LogP contribution in [0.25, 0.3) is 11.0 Å². The molecule has 0 aliphatic carbocycles. The lowest BCUT2D eigenvalue weighted by Crippen LogP contribution is -2.22. The van der Waals surface area contributed by atoms with Crippen molar-refractivity contribution in [2.24, 2.45) is 4.99 Å². The molecule has 30 heavy (non-hydrogen) atoms. The maximum Gasteiger partial charge on any atom is 0.262 e. The number of rotatable bonds is 5. The number of ether oxygens (including phenoxy) is 1. The van der Waals surface area contributed by atoms with E-state index in [4.69, 9.17) is 9.15 Å². The molecule has 0 bridgehead atoms. The topological polar surface area (TPSA) is 76.7 Å². The lowest BCUT2D eigenvalue weighted by atomic mass is 10.1. The average Bonchev–Trinajstić information content (AvgIpc) is 2.79. The van der Waals surface area contributed by atoms with Gasteiger partial charge in [-0.25, -0.2) is 9.98 Å². The van der Waals surface area contributed by atoms with E-state index in [1.54, 1.807) is 43.6 Å². The maximum atomic E-state index is 13.0. The van der Waals surface area contributed by atoms with Gasteiger partial charge in [0.05, 0.1) is 12.8 Å². The van der Waals surface area contributed by atoms with Gasteiger partial charge in [0.25, 0.3) is 5.91 Å². The fourth-order valence-electron chi connectivity index (χ4n) is 3.11. The van der Waals surface area contributed by atoms with Gasteiger partial charge in [-0.3, -0.25) is 4.79 Å². The van der Waals surface area contributed by atoms with Crippen LogP contribution in [0.2, 0.25) is 0 Å². The minimum absolute atomic E-state index is 0.202. The lowest BCUT2D eigenvalue weighted by molar-refractivity contribution is 0.102. The van der Waals surface area contributed by atoms with E-state index in [1.165, 1.54) is 0 Å². The molecule has 2 aromatic carbocycles. The zero-order valence-corrected chi connectivity index (χ0v) is 16.8. The van der Waals surface area contributed by atoms with E-state index < -0.39 is 0 Å². The fourth-order valence-corrected chi connectivity index (χ4v) is 3.11. The summed E-state index contributed by atoms with van der Waals surface area (Å²) in [7, 11) is 1.58. The van der Waals surface area contributed by atoms with Crippen molar-refractivity contribution in [1.29, 1.82) is 0 Å². The Balaban J connectivity index is 1.89. The number of nitrogens with zero attached hydrogens (tertiary/aromatic N) is 2. The Hall–Kier alpha value is -3.93. The summed E-state index contributed by atoms with van der Waals surface area (Å²) in [6.07, 6.45) is 2.51. The molecule has 0 spiro atoms. The minimum atomic E-state index is -0.354. The summed E-state index contributed by atoms with van der Waals surface area (Å²) in [5.41, 5.74) is 2.89. The second-order valence-electron chi connectivity index (χ2n) is 6.65. The largest absolute Gasteiger partial charge is 0.493 e. The Morgan fingerprint density at radius 2 is 1.97 bits per heavy atom. The molecule has 4 rings (SSSR count). The molecule has 2 aromatic heterocycles. The number of para-hydroxylation sites is 1. The van der Waals surface area contributed by atoms with Gasteiger partial charge in [-0.05, 0) is 48.4 Å². The Labute approximate surface area is 173 Å². The molecule has 1 N–H and O–H groups in total. The SMILES string of the molecule is CCc1cccc(N=c2oc3c(OC)cccc3cc2C(=O)Nc2ccccn2)c1. The third-order valence-electron chi connectivity index (χ3n) is 4.66. The summed E-state index contributed by atoms with van der Waals surface area (Å²) in [5, 5.41) is 3.54. The number of hydrogen-bond donors (Lipinski definition) is 1. The summed E-state index contributed by atoms with van der Waals surface area (Å²) in [6.45, 7) is 2.08. The van der Waals surface area contributed by atoms with Gasteiger partial charge in [-0.1, -0.05) is 37.3 Å². The van der Waals surface area contributed by atoms with Gasteiger partial charge in [-0.15, -0.1) is 0 Å². The first-order valence-corrected chi connectivity index (χ1v) is 9.65. The van der Waals surface area contributed by atoms with Gasteiger partial charge in [0.1, 0.15) is 11.4 Å². The maximum absolute atomic E-state index is 13.0. The van der Waals surface area contributed by atoms with Gasteiger partial charge in [0.2, 0.25) is 5.55 Å². The van der Waals surface area contributed by atoms with Crippen molar-refractivity contribution in [3.8, 4) is 5.75 Å². The third-order valence-corrected chi connectivity index (χ3v) is 4.66. The molecular formula is C24H21N3O3. The van der Waals surface area contributed by atoms with E-state index in [0.29, 0.717) is 28.4 Å². The number of benzene rings is 2. The van der Waals surface area contributed by atoms with Gasteiger partial charge in [0, 0.05) is 11.6 Å². The molecule has 6 nitrogen and oxygen atoms in total. The third kappa shape index (κ3) is 4.07. The number of pyridine rings is 1. The van der Waals surface area contributed by atoms with E-state index in [1.807, 2.05) is 36.4 Å². The van der Waals surface area contributed by atoms with Crippen LogP contribution in [0.4, 0.5) is 11.5 Å². The Morgan fingerprint density at radius 1 is 1.10 bits per heavy atom. The van der Waals surface area contributed by atoms with Crippen molar-refractivity contribution in [2.45, 2.75) is 13.3 Å². The monoisotopic (exact) mass is 399 g/mol. The second kappa shape index (κ2) is 8.61. The Bertz CT molecular complexity index is 1260. The fraction of sp³-hybridized carbons (Fsp3) is 0.125. The number of aryl methyl sites for hydroxylation is 1. The average molecular weight is 399 g/mol. The summed E-state index contributed by atoms with van der Waals surface area (Å²) < 4.78 is 11.5.